The molecule has 1 aromatic carbocycles. The fraction of sp³-hybridized carbons (Fsp3) is 0.182. The normalized spacial score (nSPS) is 24.3. The molecule has 1 aromatic rings. The Morgan fingerprint density at radius 3 is 2.73 bits per heavy atom. The second-order valence-electron chi connectivity index (χ2n) is 3.47. The zero-order valence-corrected chi connectivity index (χ0v) is 9.36. The number of hydrogen-bond donors (Lipinski definition) is 2. The summed E-state index contributed by atoms with van der Waals surface area (Å²) in [5, 5.41) is 19.1. The van der Waals surface area contributed by atoms with Gasteiger partial charge in [-0.25, -0.2) is 4.79 Å². The molecular formula is C11H9BrO3. The van der Waals surface area contributed by atoms with Crippen molar-refractivity contribution in [1.82, 2.24) is 0 Å². The predicted molar refractivity (Wildman–Crippen MR) is 59.5 cm³/mol. The molecule has 1 aliphatic carbocycles. The number of aliphatic hydroxyl groups is 1. The first kappa shape index (κ1) is 10.4. The van der Waals surface area contributed by atoms with E-state index in [0.717, 1.165) is 10.0 Å². The third-order valence-electron chi connectivity index (χ3n) is 2.56. The fourth-order valence-corrected chi connectivity index (χ4v) is 2.22. The second kappa shape index (κ2) is 3.47. The van der Waals surface area contributed by atoms with Crippen LogP contribution < -0.4 is 0 Å². The van der Waals surface area contributed by atoms with Crippen molar-refractivity contribution in [3.8, 4) is 0 Å². The maximum atomic E-state index is 11.1. The zero-order chi connectivity index (χ0) is 11.1. The number of rotatable bonds is 1. The maximum Gasteiger partial charge on any atom is 0.340 e. The summed E-state index contributed by atoms with van der Waals surface area (Å²) in [5.41, 5.74) is -0.631. The maximum absolute atomic E-state index is 11.1. The molecule has 15 heavy (non-hydrogen) atoms. The number of aliphatic carboxylic acids is 1. The zero-order valence-electron chi connectivity index (χ0n) is 7.77. The van der Waals surface area contributed by atoms with Gasteiger partial charge in [-0.05, 0) is 5.56 Å². The molecule has 3 nitrogen and oxygen atoms in total. The molecule has 0 saturated carbocycles. The first-order valence-corrected chi connectivity index (χ1v) is 5.26. The minimum atomic E-state index is -1.80. The molecule has 4 heteroatoms. The van der Waals surface area contributed by atoms with E-state index in [2.05, 4.69) is 15.9 Å². The van der Waals surface area contributed by atoms with Crippen molar-refractivity contribution in [3.63, 3.8) is 0 Å². The average molecular weight is 269 g/mol. The van der Waals surface area contributed by atoms with Crippen LogP contribution in [0.25, 0.3) is 4.48 Å². The SMILES string of the molecule is O=C(O)C1(O)CC=C(Br)c2ccccc21. The van der Waals surface area contributed by atoms with Gasteiger partial charge in [0.25, 0.3) is 0 Å². The number of carboxylic acids is 1. The van der Waals surface area contributed by atoms with Gasteiger partial charge < -0.3 is 10.2 Å². The Bertz CT molecular complexity index is 453. The highest BCUT2D eigenvalue weighted by molar-refractivity contribution is 9.15. The van der Waals surface area contributed by atoms with Crippen LogP contribution in [-0.4, -0.2) is 16.2 Å². The van der Waals surface area contributed by atoms with E-state index in [4.69, 9.17) is 5.11 Å². The molecule has 0 heterocycles. The van der Waals surface area contributed by atoms with Gasteiger partial charge in [0.15, 0.2) is 5.60 Å². The Morgan fingerprint density at radius 2 is 2.07 bits per heavy atom. The van der Waals surface area contributed by atoms with Gasteiger partial charge in [-0.3, -0.25) is 0 Å². The van der Waals surface area contributed by atoms with Gasteiger partial charge in [0.05, 0.1) is 0 Å². The van der Waals surface area contributed by atoms with Gasteiger partial charge in [0.2, 0.25) is 0 Å². The molecule has 0 aromatic heterocycles. The van der Waals surface area contributed by atoms with Crippen LogP contribution in [0.4, 0.5) is 0 Å². The molecule has 78 valence electrons. The summed E-state index contributed by atoms with van der Waals surface area (Å²) in [6.07, 6.45) is 1.76. The average Bonchev–Trinajstić information content (AvgIpc) is 2.24. The van der Waals surface area contributed by atoms with Crippen molar-refractivity contribution >= 4 is 26.4 Å². The van der Waals surface area contributed by atoms with E-state index >= 15 is 0 Å². The molecule has 0 aliphatic heterocycles. The van der Waals surface area contributed by atoms with Gasteiger partial charge in [-0.1, -0.05) is 46.3 Å². The first-order chi connectivity index (χ1) is 7.05. The van der Waals surface area contributed by atoms with Gasteiger partial charge >= 0.3 is 5.97 Å². The van der Waals surface area contributed by atoms with E-state index in [9.17, 15) is 9.90 Å². The van der Waals surface area contributed by atoms with Crippen molar-refractivity contribution in [1.29, 1.82) is 0 Å². The van der Waals surface area contributed by atoms with Gasteiger partial charge in [0, 0.05) is 16.5 Å². The quantitative estimate of drug-likeness (QED) is 0.820. The van der Waals surface area contributed by atoms with E-state index in [1.54, 1.807) is 24.3 Å². The summed E-state index contributed by atoms with van der Waals surface area (Å²) in [4.78, 5) is 11.1. The largest absolute Gasteiger partial charge is 0.479 e. The molecular weight excluding hydrogens is 260 g/mol. The van der Waals surface area contributed by atoms with Crippen molar-refractivity contribution in [2.45, 2.75) is 12.0 Å². The molecule has 0 fully saturated rings. The summed E-state index contributed by atoms with van der Waals surface area (Å²) < 4.78 is 0.823. The van der Waals surface area contributed by atoms with Gasteiger partial charge in [0.1, 0.15) is 0 Å². The number of benzene rings is 1. The predicted octanol–water partition coefficient (Wildman–Crippen LogP) is 2.10. The van der Waals surface area contributed by atoms with Gasteiger partial charge in [-0.15, -0.1) is 0 Å². The van der Waals surface area contributed by atoms with Crippen LogP contribution in [-0.2, 0) is 10.4 Å². The molecule has 1 unspecified atom stereocenters. The third-order valence-corrected chi connectivity index (χ3v) is 3.31. The number of carbonyl (C=O) groups is 1. The molecule has 1 aliphatic rings. The molecule has 0 radical (unpaired) electrons. The third kappa shape index (κ3) is 1.50. The number of halogens is 1. The summed E-state index contributed by atoms with van der Waals surface area (Å²) in [6.45, 7) is 0. The minimum Gasteiger partial charge on any atom is -0.479 e. The lowest BCUT2D eigenvalue weighted by Crippen LogP contribution is -2.37. The molecule has 0 amide bonds. The number of carboxylic acid groups (broad SMARTS) is 1. The van der Waals surface area contributed by atoms with E-state index in [1.165, 1.54) is 0 Å². The highest BCUT2D eigenvalue weighted by Crippen LogP contribution is 2.39. The van der Waals surface area contributed by atoms with Crippen molar-refractivity contribution in [3.05, 3.63) is 41.5 Å². The monoisotopic (exact) mass is 268 g/mol. The summed E-state index contributed by atoms with van der Waals surface area (Å²) in [7, 11) is 0. The van der Waals surface area contributed by atoms with Crippen LogP contribution in [0.15, 0.2) is 30.3 Å². The highest BCUT2D eigenvalue weighted by Gasteiger charge is 2.41. The summed E-state index contributed by atoms with van der Waals surface area (Å²) in [6, 6.07) is 6.95. The first-order valence-electron chi connectivity index (χ1n) is 4.47. The van der Waals surface area contributed by atoms with E-state index in [0.29, 0.717) is 5.56 Å². The molecule has 0 bridgehead atoms. The lowest BCUT2D eigenvalue weighted by atomic mass is 9.83. The molecule has 1 atom stereocenters. The Hall–Kier alpha value is -1.13. The Balaban J connectivity index is 2.65. The lowest BCUT2D eigenvalue weighted by molar-refractivity contribution is -0.159. The summed E-state index contributed by atoms with van der Waals surface area (Å²) >= 11 is 3.34. The number of hydrogen-bond acceptors (Lipinski definition) is 2. The van der Waals surface area contributed by atoms with E-state index in [-0.39, 0.29) is 6.42 Å². The van der Waals surface area contributed by atoms with Crippen LogP contribution in [0.2, 0.25) is 0 Å². The Morgan fingerprint density at radius 1 is 1.40 bits per heavy atom. The van der Waals surface area contributed by atoms with Crippen molar-refractivity contribution in [2.75, 3.05) is 0 Å². The van der Waals surface area contributed by atoms with Crippen LogP contribution in [0, 0.1) is 0 Å². The van der Waals surface area contributed by atoms with Crippen molar-refractivity contribution < 1.29 is 15.0 Å². The van der Waals surface area contributed by atoms with Crippen LogP contribution in [0.1, 0.15) is 17.5 Å². The van der Waals surface area contributed by atoms with E-state index in [1.807, 2.05) is 6.07 Å². The minimum absolute atomic E-state index is 0.0833. The van der Waals surface area contributed by atoms with Crippen LogP contribution in [0.3, 0.4) is 0 Å². The molecule has 2 N–H and O–H groups in total. The lowest BCUT2D eigenvalue weighted by Gasteiger charge is -2.28. The fourth-order valence-electron chi connectivity index (χ4n) is 1.71. The van der Waals surface area contributed by atoms with Crippen molar-refractivity contribution in [2.24, 2.45) is 0 Å². The summed E-state index contributed by atoms with van der Waals surface area (Å²) in [5.74, 6) is -1.22. The highest BCUT2D eigenvalue weighted by atomic mass is 79.9. The molecule has 0 spiro atoms. The van der Waals surface area contributed by atoms with Crippen LogP contribution >= 0.6 is 15.9 Å². The smallest absolute Gasteiger partial charge is 0.340 e. The Labute approximate surface area is 95.2 Å². The standard InChI is InChI=1S/C11H9BrO3/c12-9-5-6-11(15,10(13)14)8-4-2-1-3-7(8)9/h1-5,15H,6H2,(H,13,14). The second-order valence-corrected chi connectivity index (χ2v) is 4.32. The van der Waals surface area contributed by atoms with E-state index < -0.39 is 11.6 Å². The number of fused-ring (bicyclic) bond motifs is 1. The molecule has 2 rings (SSSR count). The topological polar surface area (TPSA) is 57.5 Å². The Kier molecular flexibility index (Phi) is 2.40. The molecule has 0 saturated heterocycles. The van der Waals surface area contributed by atoms with Crippen LogP contribution in [0.5, 0.6) is 0 Å². The van der Waals surface area contributed by atoms with Gasteiger partial charge in [-0.2, -0.15) is 0 Å².